The lowest BCUT2D eigenvalue weighted by Gasteiger charge is -2.35. The number of hydrogen-bond acceptors (Lipinski definition) is 7. The molecule has 138 valence electrons. The quantitative estimate of drug-likeness (QED) is 0.601. The Kier molecular flexibility index (Phi) is 5.98. The Morgan fingerprint density at radius 1 is 1.31 bits per heavy atom. The summed E-state index contributed by atoms with van der Waals surface area (Å²) in [6.45, 7) is 3.47. The minimum atomic E-state index is -0.424. The van der Waals surface area contributed by atoms with E-state index in [1.165, 1.54) is 6.07 Å². The predicted molar refractivity (Wildman–Crippen MR) is 97.5 cm³/mol. The smallest absolute Gasteiger partial charge is 0.311 e. The molecule has 0 amide bonds. The molecule has 1 unspecified atom stereocenters. The van der Waals surface area contributed by atoms with E-state index in [1.807, 2.05) is 24.3 Å². The van der Waals surface area contributed by atoms with Gasteiger partial charge in [-0.15, -0.1) is 0 Å². The van der Waals surface area contributed by atoms with Crippen LogP contribution >= 0.6 is 0 Å². The highest BCUT2D eigenvalue weighted by molar-refractivity contribution is 5.55. The Bertz CT molecular complexity index is 732. The first-order chi connectivity index (χ1) is 12.7. The molecule has 1 N–H and O–H groups in total. The standard InChI is InChI=1S/C18H22N4O4/c1-25-15-6-4-14(5-7-15)17(21-9-11-26-12-10-21)13-20-18-16(22(23)24)3-2-8-19-18/h2-8,17H,9-13H2,1H3,(H,19,20). The van der Waals surface area contributed by atoms with Gasteiger partial charge in [-0.1, -0.05) is 12.1 Å². The van der Waals surface area contributed by atoms with Crippen molar-refractivity contribution in [1.29, 1.82) is 0 Å². The molecular weight excluding hydrogens is 336 g/mol. The van der Waals surface area contributed by atoms with Gasteiger partial charge in [-0.05, 0) is 23.8 Å². The number of morpholine rings is 1. The number of rotatable bonds is 7. The lowest BCUT2D eigenvalue weighted by Crippen LogP contribution is -2.41. The number of benzene rings is 1. The third-order valence-electron chi connectivity index (χ3n) is 4.43. The SMILES string of the molecule is COc1ccc(C(CNc2ncccc2[N+](=O)[O-])N2CCOCC2)cc1. The number of aromatic nitrogens is 1. The van der Waals surface area contributed by atoms with Crippen molar-refractivity contribution < 1.29 is 14.4 Å². The van der Waals surface area contributed by atoms with Crippen LogP contribution in [-0.2, 0) is 4.74 Å². The third-order valence-corrected chi connectivity index (χ3v) is 4.43. The van der Waals surface area contributed by atoms with Crippen LogP contribution in [0.4, 0.5) is 11.5 Å². The largest absolute Gasteiger partial charge is 0.497 e. The molecule has 1 atom stereocenters. The van der Waals surface area contributed by atoms with Gasteiger partial charge >= 0.3 is 5.69 Å². The summed E-state index contributed by atoms with van der Waals surface area (Å²) in [4.78, 5) is 17.2. The second-order valence-electron chi connectivity index (χ2n) is 5.95. The van der Waals surface area contributed by atoms with Gasteiger partial charge in [0.15, 0.2) is 0 Å². The fourth-order valence-electron chi connectivity index (χ4n) is 3.05. The molecule has 1 aromatic carbocycles. The minimum absolute atomic E-state index is 0.0250. The highest BCUT2D eigenvalue weighted by atomic mass is 16.6. The Morgan fingerprint density at radius 2 is 2.04 bits per heavy atom. The van der Waals surface area contributed by atoms with Crippen LogP contribution < -0.4 is 10.1 Å². The van der Waals surface area contributed by atoms with Gasteiger partial charge in [0.25, 0.3) is 0 Å². The van der Waals surface area contributed by atoms with Crippen molar-refractivity contribution in [3.8, 4) is 5.75 Å². The summed E-state index contributed by atoms with van der Waals surface area (Å²) >= 11 is 0. The van der Waals surface area contributed by atoms with Crippen molar-refractivity contribution in [2.45, 2.75) is 6.04 Å². The molecule has 1 aliphatic rings. The summed E-state index contributed by atoms with van der Waals surface area (Å²) < 4.78 is 10.7. The number of nitro groups is 1. The average molecular weight is 358 g/mol. The van der Waals surface area contributed by atoms with Gasteiger partial charge in [-0.3, -0.25) is 15.0 Å². The normalized spacial score (nSPS) is 16.0. The molecule has 2 heterocycles. The monoisotopic (exact) mass is 358 g/mol. The van der Waals surface area contributed by atoms with E-state index in [-0.39, 0.29) is 17.5 Å². The van der Waals surface area contributed by atoms with E-state index in [4.69, 9.17) is 9.47 Å². The maximum Gasteiger partial charge on any atom is 0.311 e. The molecule has 1 aromatic heterocycles. The van der Waals surface area contributed by atoms with Crippen molar-refractivity contribution in [3.63, 3.8) is 0 Å². The minimum Gasteiger partial charge on any atom is -0.497 e. The van der Waals surface area contributed by atoms with Gasteiger partial charge < -0.3 is 14.8 Å². The Labute approximate surface area is 151 Å². The number of hydrogen-bond donors (Lipinski definition) is 1. The molecule has 0 bridgehead atoms. The molecule has 2 aromatic rings. The first-order valence-electron chi connectivity index (χ1n) is 8.48. The Morgan fingerprint density at radius 3 is 2.69 bits per heavy atom. The summed E-state index contributed by atoms with van der Waals surface area (Å²) in [5.41, 5.74) is 1.08. The van der Waals surface area contributed by atoms with Crippen LogP contribution in [0, 0.1) is 10.1 Å². The molecule has 3 rings (SSSR count). The van der Waals surface area contributed by atoms with E-state index in [2.05, 4.69) is 15.2 Å². The van der Waals surface area contributed by atoms with Gasteiger partial charge in [0, 0.05) is 31.9 Å². The molecule has 1 aliphatic heterocycles. The van der Waals surface area contributed by atoms with Gasteiger partial charge in [-0.25, -0.2) is 4.98 Å². The lowest BCUT2D eigenvalue weighted by molar-refractivity contribution is -0.384. The van der Waals surface area contributed by atoms with Crippen LogP contribution in [0.15, 0.2) is 42.6 Å². The maximum absolute atomic E-state index is 11.2. The van der Waals surface area contributed by atoms with Crippen molar-refractivity contribution >= 4 is 11.5 Å². The second-order valence-corrected chi connectivity index (χ2v) is 5.95. The van der Waals surface area contributed by atoms with E-state index in [0.29, 0.717) is 19.8 Å². The van der Waals surface area contributed by atoms with Crippen molar-refractivity contribution in [3.05, 3.63) is 58.3 Å². The fourth-order valence-corrected chi connectivity index (χ4v) is 3.05. The third kappa shape index (κ3) is 4.27. The number of ether oxygens (including phenoxy) is 2. The molecule has 1 saturated heterocycles. The Balaban J connectivity index is 1.80. The summed E-state index contributed by atoms with van der Waals surface area (Å²) in [6.07, 6.45) is 1.55. The van der Waals surface area contributed by atoms with E-state index < -0.39 is 4.92 Å². The zero-order chi connectivity index (χ0) is 18.4. The van der Waals surface area contributed by atoms with Crippen LogP contribution in [-0.4, -0.2) is 54.8 Å². The molecule has 0 aliphatic carbocycles. The van der Waals surface area contributed by atoms with Gasteiger partial charge in [0.05, 0.1) is 31.3 Å². The molecule has 0 radical (unpaired) electrons. The van der Waals surface area contributed by atoms with Crippen LogP contribution in [0.25, 0.3) is 0 Å². The summed E-state index contributed by atoms with van der Waals surface area (Å²) in [5.74, 6) is 1.08. The van der Waals surface area contributed by atoms with Crippen molar-refractivity contribution in [2.24, 2.45) is 0 Å². The van der Waals surface area contributed by atoms with Gasteiger partial charge in [0.1, 0.15) is 5.75 Å². The van der Waals surface area contributed by atoms with Gasteiger partial charge in [0.2, 0.25) is 5.82 Å². The van der Waals surface area contributed by atoms with Crippen LogP contribution in [0.5, 0.6) is 5.75 Å². The fraction of sp³-hybridized carbons (Fsp3) is 0.389. The molecule has 8 nitrogen and oxygen atoms in total. The number of methoxy groups -OCH3 is 1. The number of anilines is 1. The summed E-state index contributed by atoms with van der Waals surface area (Å²) in [6, 6.07) is 10.9. The highest BCUT2D eigenvalue weighted by Gasteiger charge is 2.24. The van der Waals surface area contributed by atoms with Crippen LogP contribution in [0.3, 0.4) is 0 Å². The molecular formula is C18H22N4O4. The maximum atomic E-state index is 11.2. The molecule has 1 fully saturated rings. The van der Waals surface area contributed by atoms with Crippen molar-refractivity contribution in [2.75, 3.05) is 45.3 Å². The molecule has 0 spiro atoms. The second kappa shape index (κ2) is 8.59. The van der Waals surface area contributed by atoms with E-state index in [1.54, 1.807) is 19.4 Å². The van der Waals surface area contributed by atoms with Gasteiger partial charge in [-0.2, -0.15) is 0 Å². The molecule has 8 heteroatoms. The molecule has 26 heavy (non-hydrogen) atoms. The topological polar surface area (TPSA) is 89.8 Å². The van der Waals surface area contributed by atoms with E-state index in [9.17, 15) is 10.1 Å². The first-order valence-corrected chi connectivity index (χ1v) is 8.48. The number of pyridine rings is 1. The van der Waals surface area contributed by atoms with Crippen LogP contribution in [0.1, 0.15) is 11.6 Å². The lowest BCUT2D eigenvalue weighted by atomic mass is 10.0. The van der Waals surface area contributed by atoms with Crippen LogP contribution in [0.2, 0.25) is 0 Å². The number of nitrogens with zero attached hydrogens (tertiary/aromatic N) is 3. The predicted octanol–water partition coefficient (Wildman–Crippen LogP) is 2.48. The average Bonchev–Trinajstić information content (AvgIpc) is 2.69. The summed E-state index contributed by atoms with van der Waals surface area (Å²) in [5, 5.41) is 14.3. The van der Waals surface area contributed by atoms with E-state index in [0.717, 1.165) is 24.4 Å². The first kappa shape index (κ1) is 18.1. The summed E-state index contributed by atoms with van der Waals surface area (Å²) in [7, 11) is 1.64. The molecule has 0 saturated carbocycles. The van der Waals surface area contributed by atoms with Crippen molar-refractivity contribution in [1.82, 2.24) is 9.88 Å². The number of nitrogens with one attached hydrogen (secondary N) is 1. The Hall–Kier alpha value is -2.71. The zero-order valence-electron chi connectivity index (χ0n) is 14.6. The zero-order valence-corrected chi connectivity index (χ0v) is 14.6. The highest BCUT2D eigenvalue weighted by Crippen LogP contribution is 2.26. The van der Waals surface area contributed by atoms with E-state index >= 15 is 0 Å².